The third-order valence-corrected chi connectivity index (χ3v) is 3.59. The number of aromatic nitrogens is 2. The highest BCUT2D eigenvalue weighted by Crippen LogP contribution is 2.34. The summed E-state index contributed by atoms with van der Waals surface area (Å²) in [5.41, 5.74) is 4.17. The van der Waals surface area contributed by atoms with Gasteiger partial charge >= 0.3 is 5.69 Å². The van der Waals surface area contributed by atoms with E-state index in [-0.39, 0.29) is 5.44 Å². The van der Waals surface area contributed by atoms with Gasteiger partial charge in [-0.15, -0.1) is 11.8 Å². The lowest BCUT2D eigenvalue weighted by Crippen LogP contribution is -2.29. The standard InChI is InChI=1S/C10H12FN3O3S/c1-5(16-2)9-17-7(4-18-9)14-3-6(11)8(12)13-10(14)15/h3,7,9H,1,4H2,2H3,(H2,12,13,15). The number of nitrogens with zero attached hydrogens (tertiary/aromatic N) is 2. The van der Waals surface area contributed by atoms with Crippen LogP contribution in [0.2, 0.25) is 0 Å². The zero-order valence-electron chi connectivity index (χ0n) is 9.63. The molecule has 1 saturated heterocycles. The summed E-state index contributed by atoms with van der Waals surface area (Å²) in [6.07, 6.45) is 0.385. The molecule has 0 aromatic carbocycles. The molecule has 98 valence electrons. The molecule has 1 aromatic heterocycles. The molecule has 0 amide bonds. The summed E-state index contributed by atoms with van der Waals surface area (Å²) < 4.78 is 24.8. The van der Waals surface area contributed by atoms with Crippen LogP contribution in [-0.2, 0) is 9.47 Å². The predicted molar refractivity (Wildman–Crippen MR) is 65.4 cm³/mol. The minimum atomic E-state index is -0.753. The van der Waals surface area contributed by atoms with Crippen molar-refractivity contribution in [3.05, 3.63) is 34.8 Å². The van der Waals surface area contributed by atoms with E-state index in [1.165, 1.54) is 18.9 Å². The molecule has 0 saturated carbocycles. The summed E-state index contributed by atoms with van der Waals surface area (Å²) in [6, 6.07) is 0. The van der Waals surface area contributed by atoms with E-state index < -0.39 is 23.6 Å². The fourth-order valence-electron chi connectivity index (χ4n) is 1.47. The highest BCUT2D eigenvalue weighted by molar-refractivity contribution is 8.00. The summed E-state index contributed by atoms with van der Waals surface area (Å²) in [5, 5.41) is 0. The third kappa shape index (κ3) is 2.34. The van der Waals surface area contributed by atoms with E-state index in [9.17, 15) is 9.18 Å². The molecule has 1 aliphatic heterocycles. The van der Waals surface area contributed by atoms with Gasteiger partial charge in [0.1, 0.15) is 12.0 Å². The number of methoxy groups -OCH3 is 1. The summed E-state index contributed by atoms with van der Waals surface area (Å²) in [5.74, 6) is -0.255. The van der Waals surface area contributed by atoms with Crippen LogP contribution in [0.3, 0.4) is 0 Å². The lowest BCUT2D eigenvalue weighted by Gasteiger charge is -2.15. The van der Waals surface area contributed by atoms with Gasteiger partial charge in [-0.25, -0.2) is 9.18 Å². The van der Waals surface area contributed by atoms with Crippen LogP contribution >= 0.6 is 11.8 Å². The molecular weight excluding hydrogens is 261 g/mol. The Hall–Kier alpha value is -1.54. The Morgan fingerprint density at radius 3 is 3.22 bits per heavy atom. The van der Waals surface area contributed by atoms with Gasteiger partial charge in [0, 0.05) is 5.75 Å². The molecule has 2 atom stereocenters. The zero-order valence-corrected chi connectivity index (χ0v) is 10.4. The van der Waals surface area contributed by atoms with Crippen molar-refractivity contribution >= 4 is 17.6 Å². The first-order chi connectivity index (χ1) is 8.52. The van der Waals surface area contributed by atoms with Gasteiger partial charge in [0.05, 0.1) is 13.3 Å². The fourth-order valence-corrected chi connectivity index (χ4v) is 2.53. The van der Waals surface area contributed by atoms with E-state index in [1.807, 2.05) is 0 Å². The van der Waals surface area contributed by atoms with Crippen molar-refractivity contribution in [3.8, 4) is 0 Å². The average molecular weight is 273 g/mol. The number of nitrogens with two attached hydrogens (primary N) is 1. The fraction of sp³-hybridized carbons (Fsp3) is 0.400. The number of ether oxygens (including phenoxy) is 2. The molecule has 8 heteroatoms. The lowest BCUT2D eigenvalue weighted by atomic mass is 10.5. The van der Waals surface area contributed by atoms with Crippen LogP contribution in [-0.4, -0.2) is 27.8 Å². The minimum Gasteiger partial charge on any atom is -0.498 e. The van der Waals surface area contributed by atoms with Gasteiger partial charge in [-0.1, -0.05) is 6.58 Å². The van der Waals surface area contributed by atoms with Crippen molar-refractivity contribution < 1.29 is 13.9 Å². The van der Waals surface area contributed by atoms with Gasteiger partial charge < -0.3 is 15.2 Å². The number of thioether (sulfide) groups is 1. The average Bonchev–Trinajstić information content (AvgIpc) is 2.82. The Labute approximate surface area is 107 Å². The molecule has 2 N–H and O–H groups in total. The molecule has 1 fully saturated rings. The number of nitrogen functional groups attached to an aromatic ring is 1. The van der Waals surface area contributed by atoms with E-state index in [0.717, 1.165) is 10.8 Å². The molecule has 0 radical (unpaired) electrons. The first kappa shape index (κ1) is 12.9. The van der Waals surface area contributed by atoms with Crippen LogP contribution in [0.15, 0.2) is 23.3 Å². The van der Waals surface area contributed by atoms with Gasteiger partial charge in [-0.2, -0.15) is 4.98 Å². The molecule has 0 spiro atoms. The van der Waals surface area contributed by atoms with E-state index in [2.05, 4.69) is 11.6 Å². The number of halogens is 1. The monoisotopic (exact) mass is 273 g/mol. The van der Waals surface area contributed by atoms with Crippen molar-refractivity contribution in [1.82, 2.24) is 9.55 Å². The highest BCUT2D eigenvalue weighted by Gasteiger charge is 2.30. The van der Waals surface area contributed by atoms with Crippen LogP contribution in [0.1, 0.15) is 6.23 Å². The quantitative estimate of drug-likeness (QED) is 0.817. The SMILES string of the molecule is C=C(OC)C1OC(n2cc(F)c(N)nc2=O)CS1. The second-order valence-electron chi connectivity index (χ2n) is 3.59. The van der Waals surface area contributed by atoms with Gasteiger partial charge in [-0.3, -0.25) is 4.57 Å². The minimum absolute atomic E-state index is 0.382. The molecule has 18 heavy (non-hydrogen) atoms. The maximum atomic E-state index is 13.3. The normalized spacial score (nSPS) is 23.0. The van der Waals surface area contributed by atoms with Gasteiger partial charge in [0.15, 0.2) is 17.1 Å². The molecular formula is C10H12FN3O3S. The Morgan fingerprint density at radius 1 is 1.83 bits per heavy atom. The lowest BCUT2D eigenvalue weighted by molar-refractivity contribution is 0.0102. The van der Waals surface area contributed by atoms with Crippen molar-refractivity contribution in [1.29, 1.82) is 0 Å². The molecule has 0 bridgehead atoms. The number of rotatable bonds is 3. The second-order valence-corrected chi connectivity index (χ2v) is 4.69. The van der Waals surface area contributed by atoms with Crippen molar-refractivity contribution in [2.75, 3.05) is 18.6 Å². The maximum Gasteiger partial charge on any atom is 0.351 e. The number of hydrogen-bond acceptors (Lipinski definition) is 6. The molecule has 0 aliphatic carbocycles. The molecule has 1 aliphatic rings. The smallest absolute Gasteiger partial charge is 0.351 e. The molecule has 2 rings (SSSR count). The topological polar surface area (TPSA) is 79.4 Å². The molecule has 6 nitrogen and oxygen atoms in total. The van der Waals surface area contributed by atoms with Gasteiger partial charge in [0.25, 0.3) is 0 Å². The Morgan fingerprint density at radius 2 is 2.56 bits per heavy atom. The van der Waals surface area contributed by atoms with Crippen LogP contribution in [0.25, 0.3) is 0 Å². The summed E-state index contributed by atoms with van der Waals surface area (Å²) in [4.78, 5) is 15.0. The van der Waals surface area contributed by atoms with E-state index in [0.29, 0.717) is 11.5 Å². The van der Waals surface area contributed by atoms with E-state index >= 15 is 0 Å². The number of hydrogen-bond donors (Lipinski definition) is 1. The largest absolute Gasteiger partial charge is 0.498 e. The van der Waals surface area contributed by atoms with Crippen molar-refractivity contribution in [2.24, 2.45) is 0 Å². The van der Waals surface area contributed by atoms with Gasteiger partial charge in [0.2, 0.25) is 0 Å². The first-order valence-corrected chi connectivity index (χ1v) is 6.12. The molecule has 1 aromatic rings. The second kappa shape index (κ2) is 4.99. The molecule has 2 unspecified atom stereocenters. The Kier molecular flexibility index (Phi) is 3.58. The van der Waals surface area contributed by atoms with Crippen LogP contribution < -0.4 is 11.4 Å². The number of anilines is 1. The zero-order chi connectivity index (χ0) is 13.3. The molecule has 2 heterocycles. The summed E-state index contributed by atoms with van der Waals surface area (Å²) in [6.45, 7) is 3.67. The van der Waals surface area contributed by atoms with Crippen molar-refractivity contribution in [3.63, 3.8) is 0 Å². The summed E-state index contributed by atoms with van der Waals surface area (Å²) in [7, 11) is 1.48. The van der Waals surface area contributed by atoms with Crippen molar-refractivity contribution in [2.45, 2.75) is 11.7 Å². The highest BCUT2D eigenvalue weighted by atomic mass is 32.2. The van der Waals surface area contributed by atoms with E-state index in [4.69, 9.17) is 15.2 Å². The van der Waals surface area contributed by atoms with Crippen LogP contribution in [0, 0.1) is 5.82 Å². The Bertz CT molecular complexity index is 534. The first-order valence-electron chi connectivity index (χ1n) is 5.07. The third-order valence-electron chi connectivity index (χ3n) is 2.44. The summed E-state index contributed by atoms with van der Waals surface area (Å²) >= 11 is 1.41. The van der Waals surface area contributed by atoms with E-state index in [1.54, 1.807) is 0 Å². The predicted octanol–water partition coefficient (Wildman–Crippen LogP) is 0.713. The van der Waals surface area contributed by atoms with Crippen LogP contribution in [0.5, 0.6) is 0 Å². The van der Waals surface area contributed by atoms with Gasteiger partial charge in [-0.05, 0) is 0 Å². The van der Waals surface area contributed by atoms with Crippen LogP contribution in [0.4, 0.5) is 10.2 Å². The Balaban J connectivity index is 2.22. The maximum absolute atomic E-state index is 13.3.